The van der Waals surface area contributed by atoms with Crippen LogP contribution in [-0.4, -0.2) is 18.4 Å². The van der Waals surface area contributed by atoms with Gasteiger partial charge in [-0.3, -0.25) is 4.79 Å². The molecule has 0 amide bonds. The molecule has 0 aromatic rings. The van der Waals surface area contributed by atoms with Crippen molar-refractivity contribution in [3.05, 3.63) is 12.2 Å². The maximum absolute atomic E-state index is 12.0. The Labute approximate surface area is 115 Å². The molecule has 3 atom stereocenters. The van der Waals surface area contributed by atoms with E-state index in [-0.39, 0.29) is 24.3 Å². The minimum Gasteiger partial charge on any atom is -0.438 e. The van der Waals surface area contributed by atoms with E-state index in [1.54, 1.807) is 0 Å². The van der Waals surface area contributed by atoms with Crippen molar-refractivity contribution in [1.29, 1.82) is 0 Å². The van der Waals surface area contributed by atoms with E-state index in [1.807, 2.05) is 0 Å². The van der Waals surface area contributed by atoms with Crippen LogP contribution in [0.3, 0.4) is 0 Å². The molecule has 0 aliphatic heterocycles. The lowest BCUT2D eigenvalue weighted by Crippen LogP contribution is -2.33. The molecule has 106 valence electrons. The topological polar surface area (TPSA) is 35.5 Å². The highest BCUT2D eigenvalue weighted by atomic mass is 16.7. The van der Waals surface area contributed by atoms with Gasteiger partial charge in [0.2, 0.25) is 0 Å². The number of carbonyl (C=O) groups is 1. The van der Waals surface area contributed by atoms with E-state index in [0.717, 1.165) is 25.7 Å². The summed E-state index contributed by atoms with van der Waals surface area (Å²) in [6.45, 7) is 2.27. The van der Waals surface area contributed by atoms with Crippen molar-refractivity contribution in [3.63, 3.8) is 0 Å². The summed E-state index contributed by atoms with van der Waals surface area (Å²) in [5.74, 6) is 1.05. The smallest absolute Gasteiger partial charge is 0.311 e. The molecule has 2 bridgehead atoms. The Hall–Kier alpha value is -0.830. The average molecular weight is 264 g/mol. The molecule has 0 spiro atoms. The molecule has 0 N–H and O–H groups in total. The fourth-order valence-corrected chi connectivity index (χ4v) is 3.83. The number of rotatable bonds is 4. The van der Waals surface area contributed by atoms with Crippen LogP contribution in [0.15, 0.2) is 12.2 Å². The SMILES string of the molecule is CC1(OCOC(=O)C2CC3C=CC2C3)CCCCC1. The van der Waals surface area contributed by atoms with Crippen LogP contribution in [0, 0.1) is 17.8 Å². The van der Waals surface area contributed by atoms with Gasteiger partial charge in [-0.05, 0) is 44.4 Å². The number of allylic oxidation sites excluding steroid dienone is 2. The lowest BCUT2D eigenvalue weighted by Gasteiger charge is -2.33. The van der Waals surface area contributed by atoms with Crippen molar-refractivity contribution in [2.45, 2.75) is 57.5 Å². The molecule has 0 heterocycles. The van der Waals surface area contributed by atoms with Gasteiger partial charge >= 0.3 is 5.97 Å². The highest BCUT2D eigenvalue weighted by Crippen LogP contribution is 2.43. The van der Waals surface area contributed by atoms with Crippen LogP contribution in [0.25, 0.3) is 0 Å². The van der Waals surface area contributed by atoms with Crippen LogP contribution in [0.5, 0.6) is 0 Å². The normalized spacial score (nSPS) is 35.5. The van der Waals surface area contributed by atoms with Gasteiger partial charge in [0, 0.05) is 0 Å². The average Bonchev–Trinajstić information content (AvgIpc) is 3.01. The van der Waals surface area contributed by atoms with Crippen molar-refractivity contribution in [2.24, 2.45) is 17.8 Å². The molecule has 3 unspecified atom stereocenters. The zero-order chi connectivity index (χ0) is 13.3. The van der Waals surface area contributed by atoms with Gasteiger partial charge in [-0.2, -0.15) is 0 Å². The molecule has 3 nitrogen and oxygen atoms in total. The second-order valence-corrected chi connectivity index (χ2v) is 6.62. The van der Waals surface area contributed by atoms with E-state index in [4.69, 9.17) is 9.47 Å². The van der Waals surface area contributed by atoms with Crippen molar-refractivity contribution >= 4 is 5.97 Å². The van der Waals surface area contributed by atoms with Gasteiger partial charge in [-0.15, -0.1) is 0 Å². The summed E-state index contributed by atoms with van der Waals surface area (Å²) in [6.07, 6.45) is 12.5. The largest absolute Gasteiger partial charge is 0.438 e. The first kappa shape index (κ1) is 13.2. The standard InChI is InChI=1S/C16H24O3/c1-16(7-3-2-4-8-16)19-11-18-15(17)14-10-12-5-6-13(14)9-12/h5-6,12-14H,2-4,7-11H2,1H3. The second-order valence-electron chi connectivity index (χ2n) is 6.62. The van der Waals surface area contributed by atoms with Crippen LogP contribution in [-0.2, 0) is 14.3 Å². The lowest BCUT2D eigenvalue weighted by atomic mass is 9.86. The summed E-state index contributed by atoms with van der Waals surface area (Å²) in [6, 6.07) is 0. The highest BCUT2D eigenvalue weighted by molar-refractivity contribution is 5.74. The minimum atomic E-state index is -0.0763. The van der Waals surface area contributed by atoms with E-state index >= 15 is 0 Å². The first-order valence-electron chi connectivity index (χ1n) is 7.65. The zero-order valence-electron chi connectivity index (χ0n) is 11.8. The monoisotopic (exact) mass is 264 g/mol. The van der Waals surface area contributed by atoms with Crippen molar-refractivity contribution in [1.82, 2.24) is 0 Å². The fourth-order valence-electron chi connectivity index (χ4n) is 3.83. The molecule has 0 aromatic carbocycles. The predicted molar refractivity (Wildman–Crippen MR) is 72.4 cm³/mol. The lowest BCUT2D eigenvalue weighted by molar-refractivity contribution is -0.179. The van der Waals surface area contributed by atoms with Crippen LogP contribution < -0.4 is 0 Å². The third-order valence-electron chi connectivity index (χ3n) is 5.10. The number of hydrogen-bond donors (Lipinski definition) is 0. The number of hydrogen-bond acceptors (Lipinski definition) is 3. The molecular formula is C16H24O3. The second kappa shape index (κ2) is 5.28. The van der Waals surface area contributed by atoms with E-state index < -0.39 is 0 Å². The summed E-state index contributed by atoms with van der Waals surface area (Å²) in [7, 11) is 0. The van der Waals surface area contributed by atoms with Crippen LogP contribution in [0.4, 0.5) is 0 Å². The summed E-state index contributed by atoms with van der Waals surface area (Å²) < 4.78 is 11.2. The maximum atomic E-state index is 12.0. The van der Waals surface area contributed by atoms with Gasteiger partial charge in [0.05, 0.1) is 11.5 Å². The van der Waals surface area contributed by atoms with Crippen LogP contribution in [0.2, 0.25) is 0 Å². The van der Waals surface area contributed by atoms with E-state index in [9.17, 15) is 4.79 Å². The molecule has 3 heteroatoms. The third kappa shape index (κ3) is 2.86. The Bertz CT molecular complexity index is 368. The molecule has 0 aromatic heterocycles. The number of esters is 1. The number of fused-ring (bicyclic) bond motifs is 2. The van der Waals surface area contributed by atoms with Gasteiger partial charge < -0.3 is 9.47 Å². The quantitative estimate of drug-likeness (QED) is 0.443. The molecule has 2 fully saturated rings. The van der Waals surface area contributed by atoms with E-state index in [2.05, 4.69) is 19.1 Å². The van der Waals surface area contributed by atoms with Crippen LogP contribution >= 0.6 is 0 Å². The molecule has 3 aliphatic rings. The molecule has 19 heavy (non-hydrogen) atoms. The molecule has 3 rings (SSSR count). The molecule has 3 aliphatic carbocycles. The number of carbonyl (C=O) groups excluding carboxylic acids is 1. The summed E-state index contributed by atoms with van der Waals surface area (Å²) in [4.78, 5) is 12.0. The first-order chi connectivity index (χ1) is 9.16. The van der Waals surface area contributed by atoms with Crippen molar-refractivity contribution in [2.75, 3.05) is 6.79 Å². The Kier molecular flexibility index (Phi) is 3.66. The van der Waals surface area contributed by atoms with Gasteiger partial charge in [0.15, 0.2) is 6.79 Å². The Balaban J connectivity index is 1.42. The molecular weight excluding hydrogens is 240 g/mol. The number of ether oxygens (including phenoxy) is 2. The predicted octanol–water partition coefficient (Wildman–Crippen LogP) is 3.44. The van der Waals surface area contributed by atoms with Gasteiger partial charge in [0.25, 0.3) is 0 Å². The van der Waals surface area contributed by atoms with E-state index in [0.29, 0.717) is 11.8 Å². The molecule has 0 radical (unpaired) electrons. The first-order valence-corrected chi connectivity index (χ1v) is 7.65. The van der Waals surface area contributed by atoms with Crippen molar-refractivity contribution in [3.8, 4) is 0 Å². The van der Waals surface area contributed by atoms with E-state index in [1.165, 1.54) is 19.3 Å². The maximum Gasteiger partial charge on any atom is 0.311 e. The molecule has 0 saturated heterocycles. The van der Waals surface area contributed by atoms with Crippen molar-refractivity contribution < 1.29 is 14.3 Å². The summed E-state index contributed by atoms with van der Waals surface area (Å²) in [5.41, 5.74) is -0.0763. The Morgan fingerprint density at radius 3 is 2.63 bits per heavy atom. The summed E-state index contributed by atoms with van der Waals surface area (Å²) in [5, 5.41) is 0. The zero-order valence-corrected chi connectivity index (χ0v) is 11.8. The summed E-state index contributed by atoms with van der Waals surface area (Å²) >= 11 is 0. The van der Waals surface area contributed by atoms with Crippen LogP contribution in [0.1, 0.15) is 51.9 Å². The third-order valence-corrected chi connectivity index (χ3v) is 5.10. The molecule has 2 saturated carbocycles. The van der Waals surface area contributed by atoms with Gasteiger partial charge in [-0.1, -0.05) is 31.4 Å². The highest BCUT2D eigenvalue weighted by Gasteiger charge is 2.41. The Morgan fingerprint density at radius 1 is 1.21 bits per heavy atom. The minimum absolute atomic E-state index is 0.0590. The van der Waals surface area contributed by atoms with Gasteiger partial charge in [-0.25, -0.2) is 0 Å². The Morgan fingerprint density at radius 2 is 2.00 bits per heavy atom. The van der Waals surface area contributed by atoms with Gasteiger partial charge in [0.1, 0.15) is 0 Å². The fraction of sp³-hybridized carbons (Fsp3) is 0.812.